The molecule has 0 bridgehead atoms. The lowest BCUT2D eigenvalue weighted by atomic mass is 10.2. The molecule has 0 aliphatic rings. The van der Waals surface area contributed by atoms with Crippen LogP contribution in [-0.2, 0) is 0 Å². The van der Waals surface area contributed by atoms with Gasteiger partial charge in [0.1, 0.15) is 11.5 Å². The van der Waals surface area contributed by atoms with Gasteiger partial charge in [0.25, 0.3) is 5.91 Å². The first kappa shape index (κ1) is 15.3. The number of nitrogens with zero attached hydrogens (tertiary/aromatic N) is 2. The van der Waals surface area contributed by atoms with Crippen LogP contribution in [0.2, 0.25) is 5.02 Å². The predicted octanol–water partition coefficient (Wildman–Crippen LogP) is 4.32. The highest BCUT2D eigenvalue weighted by atomic mass is 35.5. The normalized spacial score (nSPS) is 10.6. The third-order valence-corrected chi connectivity index (χ3v) is 3.87. The number of carbonyl (C=O) groups is 1. The van der Waals surface area contributed by atoms with E-state index in [0.29, 0.717) is 16.5 Å². The molecule has 0 atom stereocenters. The van der Waals surface area contributed by atoms with Gasteiger partial charge in [-0.05, 0) is 31.2 Å². The molecule has 3 rings (SSSR count). The minimum absolute atomic E-state index is 0.154. The van der Waals surface area contributed by atoms with E-state index in [1.165, 1.54) is 0 Å². The first-order valence-electron chi connectivity index (χ1n) is 7.22. The average molecular weight is 326 g/mol. The van der Waals surface area contributed by atoms with Crippen LogP contribution in [0.4, 0.5) is 5.69 Å². The van der Waals surface area contributed by atoms with Crippen LogP contribution in [0.15, 0.2) is 54.6 Å². The van der Waals surface area contributed by atoms with Crippen LogP contribution < -0.4 is 4.90 Å². The van der Waals surface area contributed by atoms with Crippen LogP contribution in [0.5, 0.6) is 0 Å². The highest BCUT2D eigenvalue weighted by Gasteiger charge is 2.20. The lowest BCUT2D eigenvalue weighted by Gasteiger charge is -2.16. The van der Waals surface area contributed by atoms with Crippen molar-refractivity contribution in [1.29, 1.82) is 0 Å². The third kappa shape index (κ3) is 3.12. The van der Waals surface area contributed by atoms with E-state index in [1.54, 1.807) is 18.0 Å². The number of aromatic amines is 1. The van der Waals surface area contributed by atoms with Gasteiger partial charge in [-0.1, -0.05) is 41.9 Å². The molecule has 5 heteroatoms. The largest absolute Gasteiger partial charge is 0.341 e. The number of hydrogen-bond acceptors (Lipinski definition) is 2. The second kappa shape index (κ2) is 6.26. The van der Waals surface area contributed by atoms with E-state index < -0.39 is 0 Å². The quantitative estimate of drug-likeness (QED) is 0.779. The Morgan fingerprint density at radius 3 is 2.57 bits per heavy atom. The molecule has 1 amide bonds. The fourth-order valence-corrected chi connectivity index (χ4v) is 2.56. The van der Waals surface area contributed by atoms with Gasteiger partial charge >= 0.3 is 0 Å². The van der Waals surface area contributed by atoms with Gasteiger partial charge in [0, 0.05) is 29.0 Å². The molecule has 23 heavy (non-hydrogen) atoms. The van der Waals surface area contributed by atoms with Crippen LogP contribution in [0, 0.1) is 6.92 Å². The van der Waals surface area contributed by atoms with Gasteiger partial charge in [-0.15, -0.1) is 0 Å². The summed E-state index contributed by atoms with van der Waals surface area (Å²) in [6, 6.07) is 16.9. The van der Waals surface area contributed by atoms with Crippen molar-refractivity contribution in [1.82, 2.24) is 9.97 Å². The minimum atomic E-state index is -0.154. The molecule has 1 heterocycles. The number of carbonyl (C=O) groups excluding carboxylic acids is 1. The molecule has 0 radical (unpaired) electrons. The SMILES string of the molecule is Cc1[nH]c(-c2cccc(Cl)c2)nc1C(=O)N(C)c1ccccc1. The van der Waals surface area contributed by atoms with E-state index in [-0.39, 0.29) is 5.91 Å². The number of H-pyrrole nitrogens is 1. The fraction of sp³-hybridized carbons (Fsp3) is 0.111. The molecule has 0 aliphatic heterocycles. The molecule has 0 saturated carbocycles. The van der Waals surface area contributed by atoms with Crippen molar-refractivity contribution in [3.63, 3.8) is 0 Å². The van der Waals surface area contributed by atoms with E-state index in [4.69, 9.17) is 11.6 Å². The van der Waals surface area contributed by atoms with Gasteiger partial charge < -0.3 is 9.88 Å². The van der Waals surface area contributed by atoms with Crippen molar-refractivity contribution in [3.05, 3.63) is 71.0 Å². The molecular formula is C18H16ClN3O. The second-order valence-electron chi connectivity index (χ2n) is 5.27. The number of benzene rings is 2. The topological polar surface area (TPSA) is 49.0 Å². The summed E-state index contributed by atoms with van der Waals surface area (Å²) in [6.07, 6.45) is 0. The van der Waals surface area contributed by atoms with E-state index in [0.717, 1.165) is 16.9 Å². The third-order valence-electron chi connectivity index (χ3n) is 3.63. The van der Waals surface area contributed by atoms with Crippen molar-refractivity contribution in [3.8, 4) is 11.4 Å². The summed E-state index contributed by atoms with van der Waals surface area (Å²) in [6.45, 7) is 1.84. The van der Waals surface area contributed by atoms with Crippen molar-refractivity contribution >= 4 is 23.2 Å². The maximum absolute atomic E-state index is 12.7. The first-order valence-corrected chi connectivity index (χ1v) is 7.59. The lowest BCUT2D eigenvalue weighted by Crippen LogP contribution is -2.27. The molecule has 3 aromatic rings. The molecule has 1 aromatic heterocycles. The van der Waals surface area contributed by atoms with E-state index in [2.05, 4.69) is 9.97 Å². The van der Waals surface area contributed by atoms with Gasteiger partial charge in [0.15, 0.2) is 0 Å². The summed E-state index contributed by atoms with van der Waals surface area (Å²) in [5, 5.41) is 0.630. The number of aromatic nitrogens is 2. The van der Waals surface area contributed by atoms with Crippen LogP contribution in [-0.4, -0.2) is 22.9 Å². The highest BCUT2D eigenvalue weighted by molar-refractivity contribution is 6.30. The number of amides is 1. The zero-order valence-corrected chi connectivity index (χ0v) is 13.6. The molecule has 0 saturated heterocycles. The van der Waals surface area contributed by atoms with Gasteiger partial charge in [-0.25, -0.2) is 4.98 Å². The van der Waals surface area contributed by atoms with Gasteiger partial charge in [-0.2, -0.15) is 0 Å². The maximum Gasteiger partial charge on any atom is 0.278 e. The summed E-state index contributed by atoms with van der Waals surface area (Å²) in [5.74, 6) is 0.480. The van der Waals surface area contributed by atoms with Gasteiger partial charge in [-0.3, -0.25) is 4.79 Å². The second-order valence-corrected chi connectivity index (χ2v) is 5.71. The zero-order chi connectivity index (χ0) is 16.4. The summed E-state index contributed by atoms with van der Waals surface area (Å²) in [7, 11) is 1.74. The molecule has 0 aliphatic carbocycles. The van der Waals surface area contributed by atoms with Crippen molar-refractivity contribution < 1.29 is 4.79 Å². The molecule has 0 fully saturated rings. The number of halogens is 1. The lowest BCUT2D eigenvalue weighted by molar-refractivity contribution is 0.0988. The molecule has 2 aromatic carbocycles. The van der Waals surface area contributed by atoms with Crippen molar-refractivity contribution in [2.75, 3.05) is 11.9 Å². The Kier molecular flexibility index (Phi) is 4.17. The Balaban J connectivity index is 1.93. The number of para-hydroxylation sites is 1. The van der Waals surface area contributed by atoms with Crippen LogP contribution >= 0.6 is 11.6 Å². The number of rotatable bonds is 3. The average Bonchev–Trinajstić information content (AvgIpc) is 2.96. The van der Waals surface area contributed by atoms with E-state index >= 15 is 0 Å². The van der Waals surface area contributed by atoms with Gasteiger partial charge in [0.2, 0.25) is 0 Å². The summed E-state index contributed by atoms with van der Waals surface area (Å²) in [4.78, 5) is 21.9. The standard InChI is InChI=1S/C18H16ClN3O/c1-12-16(18(23)22(2)15-9-4-3-5-10-15)21-17(20-12)13-7-6-8-14(19)11-13/h3-11H,1-2H3,(H,20,21). The number of anilines is 1. The molecule has 0 unspecified atom stereocenters. The number of imidazole rings is 1. The fourth-order valence-electron chi connectivity index (χ4n) is 2.37. The molecule has 1 N–H and O–H groups in total. The first-order chi connectivity index (χ1) is 11.1. The Morgan fingerprint density at radius 2 is 1.87 bits per heavy atom. The summed E-state index contributed by atoms with van der Waals surface area (Å²) < 4.78 is 0. The summed E-state index contributed by atoms with van der Waals surface area (Å²) >= 11 is 6.02. The molecule has 4 nitrogen and oxygen atoms in total. The Bertz CT molecular complexity index is 842. The molecule has 116 valence electrons. The smallest absolute Gasteiger partial charge is 0.278 e. The molecular weight excluding hydrogens is 310 g/mol. The van der Waals surface area contributed by atoms with Crippen LogP contribution in [0.1, 0.15) is 16.2 Å². The minimum Gasteiger partial charge on any atom is -0.341 e. The number of aryl methyl sites for hydroxylation is 1. The van der Waals surface area contributed by atoms with Crippen molar-refractivity contribution in [2.45, 2.75) is 6.92 Å². The Hall–Kier alpha value is -2.59. The predicted molar refractivity (Wildman–Crippen MR) is 92.9 cm³/mol. The van der Waals surface area contributed by atoms with E-state index in [9.17, 15) is 4.79 Å². The highest BCUT2D eigenvalue weighted by Crippen LogP contribution is 2.23. The van der Waals surface area contributed by atoms with Crippen molar-refractivity contribution in [2.24, 2.45) is 0 Å². The van der Waals surface area contributed by atoms with Crippen LogP contribution in [0.3, 0.4) is 0 Å². The zero-order valence-electron chi connectivity index (χ0n) is 12.9. The number of hydrogen-bond donors (Lipinski definition) is 1. The summed E-state index contributed by atoms with van der Waals surface area (Å²) in [5.41, 5.74) is 2.81. The molecule has 0 spiro atoms. The maximum atomic E-state index is 12.7. The van der Waals surface area contributed by atoms with Crippen LogP contribution in [0.25, 0.3) is 11.4 Å². The Labute approximate surface area is 139 Å². The number of nitrogens with one attached hydrogen (secondary N) is 1. The van der Waals surface area contributed by atoms with Gasteiger partial charge in [0.05, 0.1) is 0 Å². The Morgan fingerprint density at radius 1 is 1.13 bits per heavy atom. The van der Waals surface area contributed by atoms with E-state index in [1.807, 2.05) is 55.5 Å². The monoisotopic (exact) mass is 325 g/mol.